The third-order valence-electron chi connectivity index (χ3n) is 3.65. The van der Waals surface area contributed by atoms with Gasteiger partial charge in [0, 0.05) is 0 Å². The largest absolute Gasteiger partial charge is 0.462 e. The van der Waals surface area contributed by atoms with Crippen LogP contribution in [0.3, 0.4) is 0 Å². The fraction of sp³-hybridized carbons (Fsp3) is 1.00. The minimum atomic E-state index is -8.68. The molecule has 0 aromatic carbocycles. The lowest BCUT2D eigenvalue weighted by atomic mass is 10.2. The van der Waals surface area contributed by atoms with Gasteiger partial charge in [0.05, 0.1) is 0 Å². The summed E-state index contributed by atoms with van der Waals surface area (Å²) in [6, 6.07) is 0. The zero-order chi connectivity index (χ0) is 32.3. The Hall–Kier alpha value is -1.77. The van der Waals surface area contributed by atoms with Crippen molar-refractivity contribution in [1.82, 2.24) is 0 Å². The van der Waals surface area contributed by atoms with E-state index in [1.165, 1.54) is 0 Å². The van der Waals surface area contributed by atoms with Gasteiger partial charge in [0.25, 0.3) is 0 Å². The number of aliphatic hydroxyl groups is 1. The van der Waals surface area contributed by atoms with Gasteiger partial charge in [0.2, 0.25) is 0 Å². The summed E-state index contributed by atoms with van der Waals surface area (Å²) in [6.45, 7) is -3.62. The highest BCUT2D eigenvalue weighted by Gasteiger charge is 2.88. The van der Waals surface area contributed by atoms with Crippen LogP contribution in [0, 0.1) is 0 Å². The average molecular weight is 648 g/mol. The molecule has 0 aliphatic rings. The predicted octanol–water partition coefficient (Wildman–Crippen LogP) is 6.69. The highest BCUT2D eigenvalue weighted by molar-refractivity contribution is 4.97. The Morgan fingerprint density at radius 1 is 0.359 bits per heavy atom. The number of aliphatic hydroxyl groups excluding tert-OH is 1. The molecular formula is C12H3F23O4. The Bertz CT molecular complexity index is 855. The first-order valence-corrected chi connectivity index (χ1v) is 7.99. The molecule has 1 N–H and O–H groups in total. The van der Waals surface area contributed by atoms with Crippen LogP contribution in [0.4, 0.5) is 101 Å². The van der Waals surface area contributed by atoms with Crippen LogP contribution in [-0.2, 0) is 14.2 Å². The molecule has 3 atom stereocenters. The molecular weight excluding hydrogens is 645 g/mol. The molecule has 0 unspecified atom stereocenters. The molecule has 0 radical (unpaired) electrons. The van der Waals surface area contributed by atoms with E-state index < -0.39 is 73.1 Å². The molecule has 0 aromatic heterocycles. The summed E-state index contributed by atoms with van der Waals surface area (Å²) in [4.78, 5) is 0. The molecule has 4 nitrogen and oxygen atoms in total. The standard InChI is InChI=1S/C12H3F23O4/c13-2(1-36,6(18,19)20)37-11(32,33)4(16,8(24,25)26)39-12(34,35)5(17,9(27,28)29)38-10(30,31)3(14,15)7(21,22)23/h36H,1H2/t2-,4-,5+/m0/s1. The summed E-state index contributed by atoms with van der Waals surface area (Å²) in [5, 5.41) is 8.07. The molecule has 0 bridgehead atoms. The second-order valence-corrected chi connectivity index (χ2v) is 6.50. The number of alkyl halides is 23. The Labute approximate surface area is 195 Å². The Morgan fingerprint density at radius 3 is 0.872 bits per heavy atom. The van der Waals surface area contributed by atoms with Gasteiger partial charge in [-0.1, -0.05) is 0 Å². The summed E-state index contributed by atoms with van der Waals surface area (Å²) >= 11 is 0. The summed E-state index contributed by atoms with van der Waals surface area (Å²) in [5.74, 6) is -31.9. The van der Waals surface area contributed by atoms with E-state index in [0.717, 1.165) is 9.47 Å². The van der Waals surface area contributed by atoms with Gasteiger partial charge in [-0.05, 0) is 0 Å². The van der Waals surface area contributed by atoms with Gasteiger partial charge >= 0.3 is 66.5 Å². The van der Waals surface area contributed by atoms with Crippen LogP contribution in [0.15, 0.2) is 0 Å². The number of rotatable bonds is 10. The van der Waals surface area contributed by atoms with Gasteiger partial charge < -0.3 is 5.11 Å². The maximum absolute atomic E-state index is 14.0. The lowest BCUT2D eigenvalue weighted by molar-refractivity contribution is -0.579. The first-order chi connectivity index (χ1) is 16.4. The van der Waals surface area contributed by atoms with E-state index in [1.54, 1.807) is 4.74 Å². The maximum atomic E-state index is 14.0. The molecule has 0 aliphatic heterocycles. The van der Waals surface area contributed by atoms with E-state index in [1.807, 2.05) is 0 Å². The van der Waals surface area contributed by atoms with E-state index in [0.29, 0.717) is 0 Å². The molecule has 0 amide bonds. The zero-order valence-corrected chi connectivity index (χ0v) is 16.6. The Morgan fingerprint density at radius 2 is 0.641 bits per heavy atom. The van der Waals surface area contributed by atoms with E-state index in [2.05, 4.69) is 0 Å². The van der Waals surface area contributed by atoms with Crippen molar-refractivity contribution < 1.29 is 120 Å². The molecule has 0 aliphatic carbocycles. The molecule has 236 valence electrons. The minimum Gasteiger partial charge on any atom is -0.390 e. The van der Waals surface area contributed by atoms with Crippen LogP contribution in [0.2, 0.25) is 0 Å². The number of ether oxygens (including phenoxy) is 3. The fourth-order valence-electron chi connectivity index (χ4n) is 1.66. The van der Waals surface area contributed by atoms with Gasteiger partial charge in [0.15, 0.2) is 0 Å². The molecule has 39 heavy (non-hydrogen) atoms. The Balaban J connectivity index is 7.14. The first kappa shape index (κ1) is 37.2. The maximum Gasteiger partial charge on any atom is 0.462 e. The van der Waals surface area contributed by atoms with Gasteiger partial charge in [-0.2, -0.15) is 101 Å². The fourth-order valence-corrected chi connectivity index (χ4v) is 1.66. The molecule has 0 rings (SSSR count). The summed E-state index contributed by atoms with van der Waals surface area (Å²) in [6.07, 6.45) is -56.9. The average Bonchev–Trinajstić information content (AvgIpc) is 2.62. The second-order valence-electron chi connectivity index (χ2n) is 6.50. The molecule has 0 heterocycles. The normalized spacial score (nSPS) is 20.3. The molecule has 0 spiro atoms. The molecule has 27 heteroatoms. The van der Waals surface area contributed by atoms with Crippen molar-refractivity contribution in [2.75, 3.05) is 6.61 Å². The topological polar surface area (TPSA) is 47.9 Å². The van der Waals surface area contributed by atoms with Gasteiger partial charge in [-0.25, -0.2) is 0 Å². The van der Waals surface area contributed by atoms with Gasteiger partial charge in [-0.3, -0.25) is 14.2 Å². The van der Waals surface area contributed by atoms with Crippen LogP contribution in [0.5, 0.6) is 0 Å². The zero-order valence-electron chi connectivity index (χ0n) is 16.6. The van der Waals surface area contributed by atoms with E-state index in [4.69, 9.17) is 5.11 Å². The predicted molar refractivity (Wildman–Crippen MR) is 65.9 cm³/mol. The van der Waals surface area contributed by atoms with Crippen molar-refractivity contribution in [2.45, 2.75) is 66.5 Å². The highest BCUT2D eigenvalue weighted by Crippen LogP contribution is 2.59. The van der Waals surface area contributed by atoms with Crippen molar-refractivity contribution in [3.63, 3.8) is 0 Å². The lowest BCUT2D eigenvalue weighted by Gasteiger charge is -2.42. The second kappa shape index (κ2) is 9.66. The third-order valence-corrected chi connectivity index (χ3v) is 3.65. The smallest absolute Gasteiger partial charge is 0.390 e. The summed E-state index contributed by atoms with van der Waals surface area (Å²) in [7, 11) is 0. The number of hydrogen-bond acceptors (Lipinski definition) is 4. The highest BCUT2D eigenvalue weighted by atomic mass is 19.4. The van der Waals surface area contributed by atoms with Crippen molar-refractivity contribution in [3.8, 4) is 0 Å². The van der Waals surface area contributed by atoms with E-state index in [-0.39, 0.29) is 0 Å². The van der Waals surface area contributed by atoms with Crippen molar-refractivity contribution in [2.24, 2.45) is 0 Å². The molecule has 0 aromatic rings. The van der Waals surface area contributed by atoms with E-state index in [9.17, 15) is 101 Å². The van der Waals surface area contributed by atoms with E-state index >= 15 is 0 Å². The SMILES string of the molecule is OC[C@](F)(OC(F)(F)[C@@](F)(OC(F)(F)[C@](F)(OC(F)(F)C(F)(F)C(F)(F)F)C(F)(F)F)C(F)(F)F)C(F)(F)F. The lowest BCUT2D eigenvalue weighted by Crippen LogP contribution is -2.70. The third kappa shape index (κ3) is 6.28. The van der Waals surface area contributed by atoms with Crippen LogP contribution in [0.25, 0.3) is 0 Å². The van der Waals surface area contributed by atoms with Crippen molar-refractivity contribution in [3.05, 3.63) is 0 Å². The monoisotopic (exact) mass is 648 g/mol. The van der Waals surface area contributed by atoms with Crippen LogP contribution >= 0.6 is 0 Å². The summed E-state index contributed by atoms with van der Waals surface area (Å²) in [5.41, 5.74) is 0. The molecule has 0 saturated carbocycles. The van der Waals surface area contributed by atoms with Crippen LogP contribution < -0.4 is 0 Å². The molecule has 0 fully saturated rings. The Kier molecular flexibility index (Phi) is 9.22. The van der Waals surface area contributed by atoms with Crippen LogP contribution in [0.1, 0.15) is 0 Å². The minimum absolute atomic E-state index is 1.01. The first-order valence-electron chi connectivity index (χ1n) is 7.99. The number of halogens is 23. The van der Waals surface area contributed by atoms with Gasteiger partial charge in [0.1, 0.15) is 6.61 Å². The number of hydrogen-bond donors (Lipinski definition) is 1. The molecule has 0 saturated heterocycles. The quantitative estimate of drug-likeness (QED) is 0.269. The van der Waals surface area contributed by atoms with Crippen molar-refractivity contribution in [1.29, 1.82) is 0 Å². The van der Waals surface area contributed by atoms with Crippen LogP contribution in [-0.4, -0.2) is 78.2 Å². The van der Waals surface area contributed by atoms with Gasteiger partial charge in [-0.15, -0.1) is 0 Å². The van der Waals surface area contributed by atoms with Crippen molar-refractivity contribution >= 4 is 0 Å². The summed E-state index contributed by atoms with van der Waals surface area (Å²) < 4.78 is 300.